The van der Waals surface area contributed by atoms with Gasteiger partial charge in [0.05, 0.1) is 17.7 Å². The van der Waals surface area contributed by atoms with Crippen LogP contribution in [0.5, 0.6) is 0 Å². The Kier molecular flexibility index (Phi) is 3.34. The van der Waals surface area contributed by atoms with Crippen LogP contribution in [-0.4, -0.2) is 46.3 Å². The van der Waals surface area contributed by atoms with Crippen molar-refractivity contribution in [3.63, 3.8) is 0 Å². The number of ether oxygens (including phenoxy) is 1. The molecule has 2 unspecified atom stereocenters. The smallest absolute Gasteiger partial charge is 0.222 e. The highest BCUT2D eigenvalue weighted by atomic mass is 16.5. The number of nitrogens with zero attached hydrogens (tertiary/aromatic N) is 1. The first-order valence-corrected chi connectivity index (χ1v) is 7.66. The lowest BCUT2D eigenvalue weighted by Gasteiger charge is -2.53. The molecule has 4 atom stereocenters. The number of fused-ring (bicyclic) bond motifs is 1. The molecule has 0 aromatic heterocycles. The van der Waals surface area contributed by atoms with Crippen molar-refractivity contribution in [1.82, 2.24) is 4.90 Å². The average Bonchev–Trinajstić information content (AvgIpc) is 2.77. The molecule has 2 saturated heterocycles. The summed E-state index contributed by atoms with van der Waals surface area (Å²) in [6.45, 7) is 4.71. The minimum absolute atomic E-state index is 0.0379. The molecule has 0 spiro atoms. The molecular formula is C15H25NO3. The first-order valence-electron chi connectivity index (χ1n) is 7.66. The summed E-state index contributed by atoms with van der Waals surface area (Å²) in [5, 5.41) is 10.7. The van der Waals surface area contributed by atoms with Crippen LogP contribution in [0.2, 0.25) is 0 Å². The minimum atomic E-state index is -0.575. The van der Waals surface area contributed by atoms with Gasteiger partial charge in [0.1, 0.15) is 6.10 Å². The molecule has 108 valence electrons. The van der Waals surface area contributed by atoms with Crippen LogP contribution in [0.25, 0.3) is 0 Å². The van der Waals surface area contributed by atoms with Crippen molar-refractivity contribution >= 4 is 5.91 Å². The number of aliphatic hydroxyl groups is 1. The molecule has 0 aromatic carbocycles. The van der Waals surface area contributed by atoms with Crippen LogP contribution < -0.4 is 0 Å². The third-order valence-electron chi connectivity index (χ3n) is 5.15. The van der Waals surface area contributed by atoms with Crippen molar-refractivity contribution in [2.75, 3.05) is 6.54 Å². The lowest BCUT2D eigenvalue weighted by atomic mass is 9.73. The van der Waals surface area contributed by atoms with Crippen LogP contribution in [0.3, 0.4) is 0 Å². The summed E-state index contributed by atoms with van der Waals surface area (Å²) < 4.78 is 6.13. The van der Waals surface area contributed by atoms with Crippen molar-refractivity contribution in [3.8, 4) is 0 Å². The van der Waals surface area contributed by atoms with Gasteiger partial charge >= 0.3 is 0 Å². The first-order chi connectivity index (χ1) is 9.00. The molecule has 1 saturated carbocycles. The van der Waals surface area contributed by atoms with Gasteiger partial charge in [0.2, 0.25) is 5.91 Å². The lowest BCUT2D eigenvalue weighted by molar-refractivity contribution is -0.230. The summed E-state index contributed by atoms with van der Waals surface area (Å²) in [6, 6.07) is -0.0379. The zero-order chi connectivity index (χ0) is 13.6. The van der Waals surface area contributed by atoms with E-state index in [2.05, 4.69) is 0 Å². The number of aliphatic hydroxyl groups excluding tert-OH is 1. The van der Waals surface area contributed by atoms with E-state index in [0.29, 0.717) is 12.3 Å². The molecule has 3 rings (SSSR count). The van der Waals surface area contributed by atoms with Gasteiger partial charge in [-0.15, -0.1) is 0 Å². The van der Waals surface area contributed by atoms with E-state index in [9.17, 15) is 9.90 Å². The maximum Gasteiger partial charge on any atom is 0.222 e. The quantitative estimate of drug-likeness (QED) is 0.787. The van der Waals surface area contributed by atoms with Gasteiger partial charge in [-0.25, -0.2) is 0 Å². The second-order valence-electron chi connectivity index (χ2n) is 6.83. The lowest BCUT2D eigenvalue weighted by Crippen LogP contribution is -2.65. The highest BCUT2D eigenvalue weighted by Crippen LogP contribution is 2.43. The van der Waals surface area contributed by atoms with Gasteiger partial charge in [-0.1, -0.05) is 12.8 Å². The highest BCUT2D eigenvalue weighted by molar-refractivity contribution is 5.78. The predicted molar refractivity (Wildman–Crippen MR) is 71.7 cm³/mol. The van der Waals surface area contributed by atoms with Crippen molar-refractivity contribution < 1.29 is 14.6 Å². The van der Waals surface area contributed by atoms with Crippen molar-refractivity contribution in [3.05, 3.63) is 0 Å². The Hall–Kier alpha value is -0.610. The molecule has 2 aliphatic heterocycles. The van der Waals surface area contributed by atoms with Crippen LogP contribution in [0.1, 0.15) is 52.4 Å². The Labute approximate surface area is 115 Å². The highest BCUT2D eigenvalue weighted by Gasteiger charge is 2.52. The maximum absolute atomic E-state index is 12.1. The molecule has 2 heterocycles. The van der Waals surface area contributed by atoms with Gasteiger partial charge in [-0.05, 0) is 33.1 Å². The number of amides is 1. The van der Waals surface area contributed by atoms with Crippen LogP contribution in [-0.2, 0) is 9.53 Å². The fraction of sp³-hybridized carbons (Fsp3) is 0.933. The van der Waals surface area contributed by atoms with E-state index >= 15 is 0 Å². The largest absolute Gasteiger partial charge is 0.388 e. The van der Waals surface area contributed by atoms with Crippen molar-refractivity contribution in [2.24, 2.45) is 5.92 Å². The second-order valence-corrected chi connectivity index (χ2v) is 6.83. The van der Waals surface area contributed by atoms with Gasteiger partial charge < -0.3 is 14.7 Å². The van der Waals surface area contributed by atoms with Crippen LogP contribution in [0, 0.1) is 5.92 Å². The minimum Gasteiger partial charge on any atom is -0.388 e. The van der Waals surface area contributed by atoms with Gasteiger partial charge in [0.15, 0.2) is 0 Å². The number of carbonyl (C=O) groups excluding carboxylic acids is 1. The maximum atomic E-state index is 12.1. The fourth-order valence-corrected chi connectivity index (χ4v) is 4.15. The third-order valence-corrected chi connectivity index (χ3v) is 5.15. The van der Waals surface area contributed by atoms with E-state index in [1.165, 1.54) is 12.8 Å². The second kappa shape index (κ2) is 4.74. The van der Waals surface area contributed by atoms with Gasteiger partial charge in [-0.2, -0.15) is 0 Å². The van der Waals surface area contributed by atoms with Crippen LogP contribution in [0.15, 0.2) is 0 Å². The molecule has 19 heavy (non-hydrogen) atoms. The monoisotopic (exact) mass is 267 g/mol. The van der Waals surface area contributed by atoms with E-state index in [1.807, 2.05) is 18.7 Å². The summed E-state index contributed by atoms with van der Waals surface area (Å²) in [4.78, 5) is 14.0. The molecule has 1 aliphatic carbocycles. The van der Waals surface area contributed by atoms with Crippen LogP contribution >= 0.6 is 0 Å². The van der Waals surface area contributed by atoms with Gasteiger partial charge in [-0.3, -0.25) is 4.79 Å². The van der Waals surface area contributed by atoms with Crippen molar-refractivity contribution in [1.29, 1.82) is 0 Å². The zero-order valence-electron chi connectivity index (χ0n) is 12.0. The average molecular weight is 267 g/mol. The molecule has 0 bridgehead atoms. The molecule has 1 amide bonds. The Morgan fingerprint density at radius 3 is 2.68 bits per heavy atom. The predicted octanol–water partition coefficient (Wildman–Crippen LogP) is 1.71. The van der Waals surface area contributed by atoms with E-state index < -0.39 is 11.7 Å². The molecule has 1 N–H and O–H groups in total. The molecule has 3 aliphatic rings. The van der Waals surface area contributed by atoms with E-state index in [0.717, 1.165) is 25.8 Å². The third kappa shape index (κ3) is 2.19. The summed E-state index contributed by atoms with van der Waals surface area (Å²) >= 11 is 0. The molecule has 3 fully saturated rings. The molecule has 0 radical (unpaired) electrons. The molecular weight excluding hydrogens is 242 g/mol. The summed E-state index contributed by atoms with van der Waals surface area (Å²) in [6.07, 6.45) is 5.75. The van der Waals surface area contributed by atoms with Gasteiger partial charge in [0, 0.05) is 18.9 Å². The van der Waals surface area contributed by atoms with E-state index in [-0.39, 0.29) is 18.1 Å². The standard InChI is InChI=1S/C15H25NO3/c1-15(2)14(18)13(16-9-5-8-12(16)17)10-6-3-4-7-11(10)19-15/h10-11,13-14,18H,3-9H2,1-2H3/t10?,11?,13-,14+/m1/s1. The fourth-order valence-electron chi connectivity index (χ4n) is 4.15. The number of hydrogen-bond donors (Lipinski definition) is 1. The first kappa shape index (κ1) is 13.4. The topological polar surface area (TPSA) is 49.8 Å². The number of rotatable bonds is 1. The Balaban J connectivity index is 1.90. The normalized spacial score (nSPS) is 42.3. The van der Waals surface area contributed by atoms with Crippen LogP contribution in [0.4, 0.5) is 0 Å². The number of hydrogen-bond acceptors (Lipinski definition) is 3. The number of carbonyl (C=O) groups is 1. The number of likely N-dealkylation sites (tertiary alicyclic amines) is 1. The van der Waals surface area contributed by atoms with Crippen molar-refractivity contribution in [2.45, 2.75) is 76.2 Å². The summed E-state index contributed by atoms with van der Waals surface area (Å²) in [5.41, 5.74) is -0.550. The van der Waals surface area contributed by atoms with E-state index in [4.69, 9.17) is 4.74 Å². The zero-order valence-corrected chi connectivity index (χ0v) is 12.0. The summed E-state index contributed by atoms with van der Waals surface area (Å²) in [7, 11) is 0. The Morgan fingerprint density at radius 1 is 1.26 bits per heavy atom. The SMILES string of the molecule is CC1(C)OC2CCCCC2[C@@H](N2CCCC2=O)[C@@H]1O. The summed E-state index contributed by atoms with van der Waals surface area (Å²) in [5.74, 6) is 0.532. The Morgan fingerprint density at radius 2 is 2.00 bits per heavy atom. The molecule has 0 aromatic rings. The van der Waals surface area contributed by atoms with E-state index in [1.54, 1.807) is 0 Å². The van der Waals surface area contributed by atoms with Gasteiger partial charge in [0.25, 0.3) is 0 Å². The molecule has 4 heteroatoms. The molecule has 4 nitrogen and oxygen atoms in total. The Bertz CT molecular complexity index is 368.